The summed E-state index contributed by atoms with van der Waals surface area (Å²) in [6.07, 6.45) is 2.80. The lowest BCUT2D eigenvalue weighted by atomic mass is 9.94. The Morgan fingerprint density at radius 1 is 0.900 bits per heavy atom. The lowest BCUT2D eigenvalue weighted by Gasteiger charge is -2.18. The Balaban J connectivity index is 1.96. The van der Waals surface area contributed by atoms with Gasteiger partial charge in [-0.3, -0.25) is 4.98 Å². The van der Waals surface area contributed by atoms with Gasteiger partial charge in [-0.1, -0.05) is 50.6 Å². The average molecular weight is 424 g/mol. The summed E-state index contributed by atoms with van der Waals surface area (Å²) in [5.74, 6) is 1.60. The minimum Gasteiger partial charge on any atom is -0.496 e. The molecule has 3 rings (SSSR count). The maximum atomic E-state index is 6.23. The molecule has 3 nitrogen and oxygen atoms in total. The van der Waals surface area contributed by atoms with Gasteiger partial charge in [0.25, 0.3) is 0 Å². The molecule has 0 aliphatic rings. The summed E-state index contributed by atoms with van der Waals surface area (Å²) in [4.78, 5) is 4.95. The second-order valence-electron chi connectivity index (χ2n) is 7.33. The van der Waals surface area contributed by atoms with Gasteiger partial charge in [0.15, 0.2) is 0 Å². The fourth-order valence-corrected chi connectivity index (χ4v) is 4.05. The zero-order chi connectivity index (χ0) is 21.7. The summed E-state index contributed by atoms with van der Waals surface area (Å²) < 4.78 is 11.8. The van der Waals surface area contributed by atoms with Crippen LogP contribution in [0.4, 0.5) is 0 Å². The van der Waals surface area contributed by atoms with Crippen molar-refractivity contribution in [3.63, 3.8) is 0 Å². The highest BCUT2D eigenvalue weighted by molar-refractivity contribution is 6.31. The Labute approximate surface area is 185 Å². The van der Waals surface area contributed by atoms with Crippen LogP contribution in [0.25, 0.3) is 11.3 Å². The van der Waals surface area contributed by atoms with Crippen LogP contribution >= 0.6 is 11.6 Å². The van der Waals surface area contributed by atoms with Crippen molar-refractivity contribution in [2.24, 2.45) is 0 Å². The second-order valence-corrected chi connectivity index (χ2v) is 7.73. The highest BCUT2D eigenvalue weighted by atomic mass is 35.5. The number of pyridine rings is 1. The average Bonchev–Trinajstić information content (AvgIpc) is 2.77. The van der Waals surface area contributed by atoms with Crippen molar-refractivity contribution in [3.8, 4) is 22.8 Å². The van der Waals surface area contributed by atoms with Gasteiger partial charge in [0.05, 0.1) is 18.4 Å². The fourth-order valence-electron chi connectivity index (χ4n) is 3.79. The molecule has 0 radical (unpaired) electrons. The van der Waals surface area contributed by atoms with E-state index in [0.717, 1.165) is 58.3 Å². The first kappa shape index (κ1) is 22.2. The summed E-state index contributed by atoms with van der Waals surface area (Å²) in [5.41, 5.74) is 7.75. The van der Waals surface area contributed by atoms with E-state index >= 15 is 0 Å². The van der Waals surface area contributed by atoms with E-state index in [2.05, 4.69) is 39.0 Å². The van der Waals surface area contributed by atoms with Crippen LogP contribution in [0, 0.1) is 6.92 Å². The summed E-state index contributed by atoms with van der Waals surface area (Å²) >= 11 is 6.23. The number of ether oxygens (including phenoxy) is 2. The number of benzene rings is 2. The van der Waals surface area contributed by atoms with Crippen molar-refractivity contribution >= 4 is 11.6 Å². The van der Waals surface area contributed by atoms with Crippen molar-refractivity contribution in [2.45, 2.75) is 53.6 Å². The van der Waals surface area contributed by atoms with Gasteiger partial charge in [0.2, 0.25) is 0 Å². The highest BCUT2D eigenvalue weighted by Gasteiger charge is 2.16. The lowest BCUT2D eigenvalue weighted by Crippen LogP contribution is -2.05. The first-order valence-electron chi connectivity index (χ1n) is 10.6. The minimum absolute atomic E-state index is 0.392. The Bertz CT molecular complexity index is 1010. The summed E-state index contributed by atoms with van der Waals surface area (Å²) in [5, 5.41) is 0.769. The third-order valence-corrected chi connectivity index (χ3v) is 5.92. The Hall–Kier alpha value is -2.52. The molecule has 158 valence electrons. The van der Waals surface area contributed by atoms with Crippen LogP contribution < -0.4 is 9.47 Å². The molecule has 0 amide bonds. The molecule has 0 saturated heterocycles. The summed E-state index contributed by atoms with van der Waals surface area (Å²) in [6, 6.07) is 14.3. The molecule has 3 aromatic rings. The van der Waals surface area contributed by atoms with Crippen molar-refractivity contribution in [3.05, 3.63) is 75.4 Å². The van der Waals surface area contributed by atoms with Gasteiger partial charge in [0, 0.05) is 22.3 Å². The monoisotopic (exact) mass is 423 g/mol. The maximum absolute atomic E-state index is 6.23. The van der Waals surface area contributed by atoms with Gasteiger partial charge in [-0.15, -0.1) is 0 Å². The molecule has 0 bridgehead atoms. The van der Waals surface area contributed by atoms with Crippen LogP contribution in [-0.4, -0.2) is 12.1 Å². The topological polar surface area (TPSA) is 31.4 Å². The van der Waals surface area contributed by atoms with Crippen LogP contribution in [0.15, 0.2) is 42.5 Å². The SMILES string of the molecule is CCc1cc(OCc2c(OC)cc(-c3c(CC)cccc3CC)nc2C)ccc1Cl. The number of rotatable bonds is 8. The zero-order valence-electron chi connectivity index (χ0n) is 18.5. The van der Waals surface area contributed by atoms with Crippen LogP contribution in [0.3, 0.4) is 0 Å². The molecule has 0 fully saturated rings. The molecule has 1 heterocycles. The largest absolute Gasteiger partial charge is 0.496 e. The van der Waals surface area contributed by atoms with E-state index in [1.165, 1.54) is 16.7 Å². The molecule has 2 aromatic carbocycles. The molecule has 1 aromatic heterocycles. The summed E-state index contributed by atoms with van der Waals surface area (Å²) in [7, 11) is 1.70. The van der Waals surface area contributed by atoms with E-state index in [0.29, 0.717) is 6.61 Å². The van der Waals surface area contributed by atoms with E-state index < -0.39 is 0 Å². The molecule has 0 spiro atoms. The quantitative estimate of drug-likeness (QED) is 0.391. The first-order chi connectivity index (χ1) is 14.5. The van der Waals surface area contributed by atoms with Crippen LogP contribution in [-0.2, 0) is 25.9 Å². The molecule has 4 heteroatoms. The predicted octanol–water partition coefficient (Wildman–Crippen LogP) is 6.99. The van der Waals surface area contributed by atoms with E-state index in [1.54, 1.807) is 7.11 Å². The van der Waals surface area contributed by atoms with Gasteiger partial charge in [-0.25, -0.2) is 0 Å². The third-order valence-electron chi connectivity index (χ3n) is 5.55. The van der Waals surface area contributed by atoms with E-state index in [-0.39, 0.29) is 0 Å². The molecular weight excluding hydrogens is 394 g/mol. The van der Waals surface area contributed by atoms with Gasteiger partial charge < -0.3 is 9.47 Å². The smallest absolute Gasteiger partial charge is 0.129 e. The van der Waals surface area contributed by atoms with Crippen LogP contribution in [0.5, 0.6) is 11.5 Å². The molecular formula is C26H30ClNO2. The van der Waals surface area contributed by atoms with Crippen LogP contribution in [0.2, 0.25) is 5.02 Å². The molecule has 0 unspecified atom stereocenters. The highest BCUT2D eigenvalue weighted by Crippen LogP contribution is 2.33. The predicted molar refractivity (Wildman–Crippen MR) is 125 cm³/mol. The Morgan fingerprint density at radius 3 is 2.17 bits per heavy atom. The van der Waals surface area contributed by atoms with Gasteiger partial charge >= 0.3 is 0 Å². The number of methoxy groups -OCH3 is 1. The van der Waals surface area contributed by atoms with Crippen molar-refractivity contribution < 1.29 is 9.47 Å². The van der Waals surface area contributed by atoms with Gasteiger partial charge in [-0.2, -0.15) is 0 Å². The Kier molecular flexibility index (Phi) is 7.38. The molecule has 0 aliphatic heterocycles. The molecule has 0 N–H and O–H groups in total. The number of hydrogen-bond donors (Lipinski definition) is 0. The van der Waals surface area contributed by atoms with E-state index in [9.17, 15) is 0 Å². The third kappa shape index (κ3) is 4.62. The number of nitrogens with zero attached hydrogens (tertiary/aromatic N) is 1. The van der Waals surface area contributed by atoms with Gasteiger partial charge in [-0.05, 0) is 61.1 Å². The molecule has 0 saturated carbocycles. The number of aromatic nitrogens is 1. The molecule has 30 heavy (non-hydrogen) atoms. The minimum atomic E-state index is 0.392. The number of halogens is 1. The molecule has 0 aliphatic carbocycles. The van der Waals surface area contributed by atoms with E-state index in [1.807, 2.05) is 31.2 Å². The Morgan fingerprint density at radius 2 is 1.57 bits per heavy atom. The first-order valence-corrected chi connectivity index (χ1v) is 11.0. The van der Waals surface area contributed by atoms with Gasteiger partial charge in [0.1, 0.15) is 18.1 Å². The van der Waals surface area contributed by atoms with Crippen molar-refractivity contribution in [2.75, 3.05) is 7.11 Å². The summed E-state index contributed by atoms with van der Waals surface area (Å²) in [6.45, 7) is 8.86. The number of aryl methyl sites for hydroxylation is 4. The molecule has 0 atom stereocenters. The number of hydrogen-bond acceptors (Lipinski definition) is 3. The van der Waals surface area contributed by atoms with Crippen LogP contribution in [0.1, 0.15) is 48.7 Å². The standard InChI is InChI=1S/C26H30ClNO2/c1-6-18-10-9-11-19(7-2)26(18)24-15-25(29-5)22(17(4)28-24)16-30-21-12-13-23(27)20(8-3)14-21/h9-15H,6-8,16H2,1-5H3. The van der Waals surface area contributed by atoms with Crippen molar-refractivity contribution in [1.82, 2.24) is 4.98 Å². The second kappa shape index (κ2) is 9.99. The normalized spacial score (nSPS) is 10.9. The van der Waals surface area contributed by atoms with E-state index in [4.69, 9.17) is 26.1 Å². The zero-order valence-corrected chi connectivity index (χ0v) is 19.3. The van der Waals surface area contributed by atoms with Crippen molar-refractivity contribution in [1.29, 1.82) is 0 Å². The maximum Gasteiger partial charge on any atom is 0.129 e. The lowest BCUT2D eigenvalue weighted by molar-refractivity contribution is 0.295. The fraction of sp³-hybridized carbons (Fsp3) is 0.346.